The van der Waals surface area contributed by atoms with Crippen LogP contribution in [0.1, 0.15) is 18.7 Å². The minimum Gasteiger partial charge on any atom is -0.338 e. The van der Waals surface area contributed by atoms with E-state index in [4.69, 9.17) is 16.1 Å². The van der Waals surface area contributed by atoms with Crippen LogP contribution in [0.2, 0.25) is 5.02 Å². The van der Waals surface area contributed by atoms with Crippen molar-refractivity contribution in [3.8, 4) is 11.4 Å². The van der Waals surface area contributed by atoms with Crippen molar-refractivity contribution >= 4 is 17.9 Å². The van der Waals surface area contributed by atoms with Gasteiger partial charge in [-0.1, -0.05) is 28.9 Å². The molecule has 21 heavy (non-hydrogen) atoms. The molecule has 0 bridgehead atoms. The number of likely N-dealkylation sites (tertiary alicyclic amines) is 1. The molecule has 0 amide bonds. The van der Waals surface area contributed by atoms with E-state index in [1.165, 1.54) is 0 Å². The van der Waals surface area contributed by atoms with Gasteiger partial charge in [-0.3, -0.25) is 4.90 Å². The highest BCUT2D eigenvalue weighted by Crippen LogP contribution is 2.21. The molecule has 1 aliphatic heterocycles. The molecular formula is C15H16ClN3O2. The van der Waals surface area contributed by atoms with Gasteiger partial charge < -0.3 is 9.32 Å². The first-order chi connectivity index (χ1) is 10.2. The molecular weight excluding hydrogens is 290 g/mol. The third kappa shape index (κ3) is 3.49. The minimum absolute atomic E-state index is 0.200. The standard InChI is InChI=1S/C15H16ClN3O2/c16-13-3-1-2-12(8-13)15-17-14(21-18-15)9-19-6-4-11(10-20)5-7-19/h1-3,8,10-11H,4-7,9H2. The molecule has 1 saturated heterocycles. The fourth-order valence-electron chi connectivity index (χ4n) is 2.50. The van der Waals surface area contributed by atoms with Crippen LogP contribution in [-0.4, -0.2) is 34.4 Å². The van der Waals surface area contributed by atoms with Crippen molar-refractivity contribution in [2.45, 2.75) is 19.4 Å². The molecule has 1 fully saturated rings. The quantitative estimate of drug-likeness (QED) is 0.813. The minimum atomic E-state index is 0.200. The Kier molecular flexibility index (Phi) is 4.31. The zero-order chi connectivity index (χ0) is 14.7. The molecule has 2 heterocycles. The summed E-state index contributed by atoms with van der Waals surface area (Å²) in [5.41, 5.74) is 0.845. The Hall–Kier alpha value is -1.72. The molecule has 0 spiro atoms. The van der Waals surface area contributed by atoms with E-state index in [9.17, 15) is 4.79 Å². The molecule has 1 aromatic carbocycles. The molecule has 0 saturated carbocycles. The summed E-state index contributed by atoms with van der Waals surface area (Å²) in [6.45, 7) is 2.40. The maximum absolute atomic E-state index is 10.7. The number of aromatic nitrogens is 2. The van der Waals surface area contributed by atoms with Crippen LogP contribution in [0.5, 0.6) is 0 Å². The Morgan fingerprint density at radius 3 is 2.90 bits per heavy atom. The predicted molar refractivity (Wildman–Crippen MR) is 78.8 cm³/mol. The number of aldehydes is 1. The molecule has 0 N–H and O–H groups in total. The van der Waals surface area contributed by atoms with Crippen molar-refractivity contribution < 1.29 is 9.32 Å². The Morgan fingerprint density at radius 1 is 1.38 bits per heavy atom. The third-order valence-electron chi connectivity index (χ3n) is 3.73. The van der Waals surface area contributed by atoms with Crippen molar-refractivity contribution in [3.63, 3.8) is 0 Å². The van der Waals surface area contributed by atoms with Crippen LogP contribution in [0, 0.1) is 5.92 Å². The Balaban J connectivity index is 1.64. The second kappa shape index (κ2) is 6.37. The highest BCUT2D eigenvalue weighted by Gasteiger charge is 2.20. The van der Waals surface area contributed by atoms with Crippen LogP contribution in [0.15, 0.2) is 28.8 Å². The lowest BCUT2D eigenvalue weighted by Gasteiger charge is -2.27. The summed E-state index contributed by atoms with van der Waals surface area (Å²) >= 11 is 5.96. The van der Waals surface area contributed by atoms with Crippen molar-refractivity contribution in [3.05, 3.63) is 35.2 Å². The zero-order valence-corrected chi connectivity index (χ0v) is 12.3. The molecule has 1 aromatic heterocycles. The van der Waals surface area contributed by atoms with Gasteiger partial charge >= 0.3 is 0 Å². The van der Waals surface area contributed by atoms with Gasteiger partial charge in [0.05, 0.1) is 6.54 Å². The van der Waals surface area contributed by atoms with E-state index < -0.39 is 0 Å². The van der Waals surface area contributed by atoms with Crippen molar-refractivity contribution in [1.29, 1.82) is 0 Å². The largest absolute Gasteiger partial charge is 0.338 e. The molecule has 0 aliphatic carbocycles. The first-order valence-corrected chi connectivity index (χ1v) is 7.38. The van der Waals surface area contributed by atoms with Gasteiger partial charge in [0.25, 0.3) is 0 Å². The Labute approximate surface area is 127 Å². The summed E-state index contributed by atoms with van der Waals surface area (Å²) in [5, 5.41) is 4.64. The number of hydrogen-bond donors (Lipinski definition) is 0. The van der Waals surface area contributed by atoms with E-state index in [1.54, 1.807) is 0 Å². The molecule has 0 radical (unpaired) electrons. The van der Waals surface area contributed by atoms with E-state index in [-0.39, 0.29) is 5.92 Å². The topological polar surface area (TPSA) is 59.2 Å². The number of rotatable bonds is 4. The van der Waals surface area contributed by atoms with Crippen molar-refractivity contribution in [2.24, 2.45) is 5.92 Å². The SMILES string of the molecule is O=CC1CCN(Cc2nc(-c3cccc(Cl)c3)no2)CC1. The Bertz CT molecular complexity index is 621. The van der Waals surface area contributed by atoms with Gasteiger partial charge in [0.1, 0.15) is 6.29 Å². The van der Waals surface area contributed by atoms with Crippen LogP contribution in [-0.2, 0) is 11.3 Å². The first kappa shape index (κ1) is 14.2. The number of halogens is 1. The van der Waals surface area contributed by atoms with Crippen LogP contribution < -0.4 is 0 Å². The average Bonchev–Trinajstić information content (AvgIpc) is 2.97. The molecule has 6 heteroatoms. The lowest BCUT2D eigenvalue weighted by Crippen LogP contribution is -2.33. The highest BCUT2D eigenvalue weighted by molar-refractivity contribution is 6.30. The summed E-state index contributed by atoms with van der Waals surface area (Å²) in [6.07, 6.45) is 2.86. The maximum Gasteiger partial charge on any atom is 0.241 e. The smallest absolute Gasteiger partial charge is 0.241 e. The molecule has 110 valence electrons. The summed E-state index contributed by atoms with van der Waals surface area (Å²) in [7, 11) is 0. The van der Waals surface area contributed by atoms with E-state index >= 15 is 0 Å². The van der Waals surface area contributed by atoms with E-state index in [0.29, 0.717) is 23.3 Å². The fourth-order valence-corrected chi connectivity index (χ4v) is 2.69. The summed E-state index contributed by atoms with van der Waals surface area (Å²) in [4.78, 5) is 17.4. The van der Waals surface area contributed by atoms with Gasteiger partial charge in [-0.2, -0.15) is 4.98 Å². The second-order valence-corrected chi connectivity index (χ2v) is 5.71. The molecule has 2 aromatic rings. The van der Waals surface area contributed by atoms with Crippen LogP contribution in [0.3, 0.4) is 0 Å². The molecule has 5 nitrogen and oxygen atoms in total. The zero-order valence-electron chi connectivity index (χ0n) is 11.5. The molecule has 1 aliphatic rings. The molecule has 0 unspecified atom stereocenters. The van der Waals surface area contributed by atoms with Crippen molar-refractivity contribution in [2.75, 3.05) is 13.1 Å². The second-order valence-electron chi connectivity index (χ2n) is 5.27. The lowest BCUT2D eigenvalue weighted by atomic mass is 9.99. The van der Waals surface area contributed by atoms with Gasteiger partial charge in [-0.15, -0.1) is 0 Å². The third-order valence-corrected chi connectivity index (χ3v) is 3.97. The molecule has 0 atom stereocenters. The normalized spacial score (nSPS) is 17.0. The Morgan fingerprint density at radius 2 is 2.19 bits per heavy atom. The van der Waals surface area contributed by atoms with E-state index in [2.05, 4.69) is 15.0 Å². The van der Waals surface area contributed by atoms with Crippen LogP contribution in [0.25, 0.3) is 11.4 Å². The van der Waals surface area contributed by atoms with Gasteiger partial charge in [0, 0.05) is 16.5 Å². The number of benzene rings is 1. The van der Waals surface area contributed by atoms with Crippen molar-refractivity contribution in [1.82, 2.24) is 15.0 Å². The van der Waals surface area contributed by atoms with E-state index in [0.717, 1.165) is 37.8 Å². The van der Waals surface area contributed by atoms with E-state index in [1.807, 2.05) is 24.3 Å². The number of nitrogens with zero attached hydrogens (tertiary/aromatic N) is 3. The number of hydrogen-bond acceptors (Lipinski definition) is 5. The van der Waals surface area contributed by atoms with Crippen LogP contribution in [0.4, 0.5) is 0 Å². The number of carbonyl (C=O) groups excluding carboxylic acids is 1. The predicted octanol–water partition coefficient (Wildman–Crippen LogP) is 2.80. The summed E-state index contributed by atoms with van der Waals surface area (Å²) in [6, 6.07) is 7.38. The summed E-state index contributed by atoms with van der Waals surface area (Å²) < 4.78 is 5.30. The monoisotopic (exact) mass is 305 g/mol. The lowest BCUT2D eigenvalue weighted by molar-refractivity contribution is -0.112. The van der Waals surface area contributed by atoms with Gasteiger partial charge in [-0.25, -0.2) is 0 Å². The average molecular weight is 306 g/mol. The number of carbonyl (C=O) groups is 1. The molecule has 3 rings (SSSR count). The van der Waals surface area contributed by atoms with Gasteiger partial charge in [0.15, 0.2) is 0 Å². The van der Waals surface area contributed by atoms with Gasteiger partial charge in [-0.05, 0) is 38.1 Å². The van der Waals surface area contributed by atoms with Crippen LogP contribution >= 0.6 is 11.6 Å². The highest BCUT2D eigenvalue weighted by atomic mass is 35.5. The fraction of sp³-hybridized carbons (Fsp3) is 0.400. The maximum atomic E-state index is 10.7. The summed E-state index contributed by atoms with van der Waals surface area (Å²) in [5.74, 6) is 1.34. The first-order valence-electron chi connectivity index (χ1n) is 7.01. The number of piperidine rings is 1. The van der Waals surface area contributed by atoms with Gasteiger partial charge in [0.2, 0.25) is 11.7 Å².